The Hall–Kier alpha value is -2.12. The first-order chi connectivity index (χ1) is 12.8. The van der Waals surface area contributed by atoms with Crippen LogP contribution in [0.15, 0.2) is 0 Å². The molecule has 0 heterocycles. The molecule has 1 rings (SSSR count). The number of carboxylic acid groups (broad SMARTS) is 1. The minimum absolute atomic E-state index is 0.116. The molecule has 1 aliphatic rings. The van der Waals surface area contributed by atoms with Gasteiger partial charge in [0, 0.05) is 39.2 Å². The second kappa shape index (κ2) is 12.3. The Bertz CT molecular complexity index is 496. The number of carbonyl (C=O) groups is 4. The second-order valence-electron chi connectivity index (χ2n) is 7.07. The first kappa shape index (κ1) is 22.9. The zero-order valence-corrected chi connectivity index (χ0v) is 16.2. The summed E-state index contributed by atoms with van der Waals surface area (Å²) in [4.78, 5) is 45.3. The maximum Gasteiger partial charge on any atom is 0.303 e. The zero-order chi connectivity index (χ0) is 20.2. The number of nitrogens with one attached hydrogen (secondary N) is 1. The Kier molecular flexibility index (Phi) is 10.4. The number of amides is 1. The van der Waals surface area contributed by atoms with E-state index in [9.17, 15) is 19.2 Å². The number of carboxylic acids is 1. The molecule has 0 saturated heterocycles. The highest BCUT2D eigenvalue weighted by Gasteiger charge is 2.35. The van der Waals surface area contributed by atoms with Crippen molar-refractivity contribution in [2.45, 2.75) is 83.8 Å². The van der Waals surface area contributed by atoms with Crippen molar-refractivity contribution in [1.29, 1.82) is 0 Å². The van der Waals surface area contributed by atoms with Crippen LogP contribution in [0, 0.1) is 5.92 Å². The number of rotatable bonds is 11. The van der Waals surface area contributed by atoms with Crippen LogP contribution in [-0.4, -0.2) is 47.7 Å². The largest absolute Gasteiger partial charge is 0.481 e. The van der Waals surface area contributed by atoms with E-state index in [-0.39, 0.29) is 18.2 Å². The van der Waals surface area contributed by atoms with E-state index in [1.54, 1.807) is 0 Å². The normalized spacial score (nSPS) is 21.9. The van der Waals surface area contributed by atoms with Gasteiger partial charge in [0.2, 0.25) is 5.91 Å². The molecular formula is C19H31NO7. The van der Waals surface area contributed by atoms with Gasteiger partial charge in [-0.2, -0.15) is 0 Å². The zero-order valence-electron chi connectivity index (χ0n) is 16.2. The monoisotopic (exact) mass is 385 g/mol. The van der Waals surface area contributed by atoms with E-state index in [2.05, 4.69) is 5.32 Å². The van der Waals surface area contributed by atoms with Crippen LogP contribution in [0.5, 0.6) is 0 Å². The summed E-state index contributed by atoms with van der Waals surface area (Å²) in [6.45, 7) is 3.19. The summed E-state index contributed by atoms with van der Waals surface area (Å²) in [5.74, 6) is -2.07. The quantitative estimate of drug-likeness (QED) is 0.413. The van der Waals surface area contributed by atoms with Gasteiger partial charge in [-0.25, -0.2) is 0 Å². The van der Waals surface area contributed by atoms with Gasteiger partial charge in [0.25, 0.3) is 0 Å². The molecular weight excluding hydrogens is 354 g/mol. The van der Waals surface area contributed by atoms with E-state index in [1.165, 1.54) is 13.8 Å². The van der Waals surface area contributed by atoms with Crippen LogP contribution in [-0.2, 0) is 28.7 Å². The summed E-state index contributed by atoms with van der Waals surface area (Å²) in [5, 5.41) is 11.5. The Balaban J connectivity index is 2.32. The third-order valence-corrected chi connectivity index (χ3v) is 4.52. The van der Waals surface area contributed by atoms with Crippen molar-refractivity contribution in [2.75, 3.05) is 6.54 Å². The van der Waals surface area contributed by atoms with Crippen molar-refractivity contribution in [3.8, 4) is 0 Å². The highest BCUT2D eigenvalue weighted by atomic mass is 16.6. The summed E-state index contributed by atoms with van der Waals surface area (Å²) in [5.41, 5.74) is 0. The lowest BCUT2D eigenvalue weighted by atomic mass is 9.84. The van der Waals surface area contributed by atoms with E-state index in [0.29, 0.717) is 32.2 Å². The van der Waals surface area contributed by atoms with Gasteiger partial charge in [-0.15, -0.1) is 0 Å². The molecule has 1 saturated carbocycles. The van der Waals surface area contributed by atoms with Crippen molar-refractivity contribution in [1.82, 2.24) is 5.32 Å². The SMILES string of the molecule is CC(=O)OC1CC(OC(C)=O)CC(C(=O)NCCCCCCCC(=O)O)C1. The van der Waals surface area contributed by atoms with Crippen LogP contribution < -0.4 is 5.32 Å². The predicted octanol–water partition coefficient (Wildman–Crippen LogP) is 2.19. The molecule has 8 heteroatoms. The Morgan fingerprint density at radius 2 is 1.37 bits per heavy atom. The molecule has 1 aliphatic carbocycles. The van der Waals surface area contributed by atoms with Crippen molar-refractivity contribution in [2.24, 2.45) is 5.92 Å². The summed E-state index contributed by atoms with van der Waals surface area (Å²) in [6, 6.07) is 0. The van der Waals surface area contributed by atoms with Gasteiger partial charge in [0.15, 0.2) is 0 Å². The Labute approximate surface area is 160 Å². The fourth-order valence-electron chi connectivity index (χ4n) is 3.38. The molecule has 2 N–H and O–H groups in total. The number of unbranched alkanes of at least 4 members (excludes halogenated alkanes) is 4. The van der Waals surface area contributed by atoms with E-state index in [4.69, 9.17) is 14.6 Å². The van der Waals surface area contributed by atoms with Crippen molar-refractivity contribution in [3.05, 3.63) is 0 Å². The number of ether oxygens (including phenoxy) is 2. The Morgan fingerprint density at radius 3 is 1.89 bits per heavy atom. The van der Waals surface area contributed by atoms with Crippen molar-refractivity contribution in [3.63, 3.8) is 0 Å². The number of aliphatic carboxylic acids is 1. The van der Waals surface area contributed by atoms with Crippen LogP contribution in [0.2, 0.25) is 0 Å². The molecule has 0 radical (unpaired) electrons. The fourth-order valence-corrected chi connectivity index (χ4v) is 3.38. The molecule has 0 aromatic carbocycles. The highest BCUT2D eigenvalue weighted by molar-refractivity contribution is 5.79. The van der Waals surface area contributed by atoms with Gasteiger partial charge in [0.05, 0.1) is 0 Å². The Morgan fingerprint density at radius 1 is 0.852 bits per heavy atom. The molecule has 0 aromatic rings. The predicted molar refractivity (Wildman–Crippen MR) is 96.8 cm³/mol. The molecule has 0 bridgehead atoms. The van der Waals surface area contributed by atoms with Crippen LogP contribution in [0.3, 0.4) is 0 Å². The summed E-state index contributed by atoms with van der Waals surface area (Å²) >= 11 is 0. The van der Waals surface area contributed by atoms with Crippen LogP contribution in [0.1, 0.15) is 71.6 Å². The average Bonchev–Trinajstić information content (AvgIpc) is 2.55. The first-order valence-corrected chi connectivity index (χ1v) is 9.62. The minimum atomic E-state index is -0.770. The van der Waals surface area contributed by atoms with Crippen LogP contribution in [0.4, 0.5) is 0 Å². The molecule has 0 spiro atoms. The minimum Gasteiger partial charge on any atom is -0.481 e. The molecule has 2 atom stereocenters. The molecule has 0 aromatic heterocycles. The molecule has 154 valence electrons. The number of esters is 2. The maximum atomic E-state index is 12.4. The molecule has 2 unspecified atom stereocenters. The standard InChI is InChI=1S/C19H31NO7/c1-13(21)26-16-10-15(11-17(12-16)27-14(2)22)19(25)20-9-7-5-3-4-6-8-18(23)24/h15-17H,3-12H2,1-2H3,(H,20,25)(H,23,24). The highest BCUT2D eigenvalue weighted by Crippen LogP contribution is 2.29. The molecule has 8 nitrogen and oxygen atoms in total. The van der Waals surface area contributed by atoms with E-state index >= 15 is 0 Å². The van der Waals surface area contributed by atoms with Crippen molar-refractivity contribution >= 4 is 23.8 Å². The molecule has 0 aliphatic heterocycles. The second-order valence-corrected chi connectivity index (χ2v) is 7.07. The smallest absolute Gasteiger partial charge is 0.303 e. The van der Waals surface area contributed by atoms with Gasteiger partial charge in [0.1, 0.15) is 12.2 Å². The number of hydrogen-bond acceptors (Lipinski definition) is 6. The number of carbonyl (C=O) groups excluding carboxylic acids is 3. The topological polar surface area (TPSA) is 119 Å². The molecule has 27 heavy (non-hydrogen) atoms. The summed E-state index contributed by atoms with van der Waals surface area (Å²) < 4.78 is 10.5. The van der Waals surface area contributed by atoms with Crippen LogP contribution in [0.25, 0.3) is 0 Å². The molecule has 1 amide bonds. The van der Waals surface area contributed by atoms with E-state index in [0.717, 1.165) is 25.7 Å². The lowest BCUT2D eigenvalue weighted by Gasteiger charge is -2.33. The maximum absolute atomic E-state index is 12.4. The van der Waals surface area contributed by atoms with Crippen LogP contribution >= 0.6 is 0 Å². The van der Waals surface area contributed by atoms with E-state index < -0.39 is 30.1 Å². The van der Waals surface area contributed by atoms with Gasteiger partial charge in [-0.05, 0) is 25.7 Å². The third kappa shape index (κ3) is 10.6. The first-order valence-electron chi connectivity index (χ1n) is 9.62. The fraction of sp³-hybridized carbons (Fsp3) is 0.789. The summed E-state index contributed by atoms with van der Waals surface area (Å²) in [7, 11) is 0. The lowest BCUT2D eigenvalue weighted by Crippen LogP contribution is -2.42. The van der Waals surface area contributed by atoms with E-state index in [1.807, 2.05) is 0 Å². The van der Waals surface area contributed by atoms with Gasteiger partial charge in [-0.1, -0.05) is 19.3 Å². The van der Waals surface area contributed by atoms with Gasteiger partial charge >= 0.3 is 17.9 Å². The third-order valence-electron chi connectivity index (χ3n) is 4.52. The van der Waals surface area contributed by atoms with Gasteiger partial charge < -0.3 is 19.9 Å². The average molecular weight is 385 g/mol. The van der Waals surface area contributed by atoms with Gasteiger partial charge in [-0.3, -0.25) is 19.2 Å². The number of hydrogen-bond donors (Lipinski definition) is 2. The molecule has 1 fully saturated rings. The van der Waals surface area contributed by atoms with Crippen molar-refractivity contribution < 1.29 is 33.8 Å². The summed E-state index contributed by atoms with van der Waals surface area (Å²) in [6.07, 6.45) is 4.87. The lowest BCUT2D eigenvalue weighted by molar-refractivity contribution is -0.160.